The lowest BCUT2D eigenvalue weighted by molar-refractivity contribution is -0.146. The summed E-state index contributed by atoms with van der Waals surface area (Å²) in [5, 5.41) is 26.1. The van der Waals surface area contributed by atoms with Crippen LogP contribution in [0.2, 0.25) is 0 Å². The zero-order chi connectivity index (χ0) is 18.9. The van der Waals surface area contributed by atoms with Gasteiger partial charge < -0.3 is 10.6 Å². The summed E-state index contributed by atoms with van der Waals surface area (Å²) < 4.78 is 39.5. The highest BCUT2D eigenvalue weighted by molar-refractivity contribution is 5.51. The molecule has 9 nitrogen and oxygen atoms in total. The van der Waals surface area contributed by atoms with Gasteiger partial charge in [0.2, 0.25) is 0 Å². The summed E-state index contributed by atoms with van der Waals surface area (Å²) in [6, 6.07) is 4.97. The van der Waals surface area contributed by atoms with Gasteiger partial charge in [0.05, 0.1) is 5.69 Å². The van der Waals surface area contributed by atoms with Gasteiger partial charge in [0.25, 0.3) is 5.82 Å². The second-order valence-corrected chi connectivity index (χ2v) is 5.58. The standard InChI is InChI=1S/C14H14F3N9/c1-25(6-2-3-9-8(7-18)12(19)22-20-9)11-5-4-10-21-23-13(14(15,16)17)26(10)24-11/h4-5H,2-3,6H2,1H3,(H3,19,20,22). The van der Waals surface area contributed by atoms with Gasteiger partial charge in [0.15, 0.2) is 11.5 Å². The van der Waals surface area contributed by atoms with Crippen molar-refractivity contribution >= 4 is 17.3 Å². The molecule has 0 spiro atoms. The van der Waals surface area contributed by atoms with Crippen molar-refractivity contribution in [3.05, 3.63) is 29.2 Å². The number of alkyl halides is 3. The maximum atomic E-state index is 12.9. The van der Waals surface area contributed by atoms with E-state index in [0.717, 1.165) is 0 Å². The lowest BCUT2D eigenvalue weighted by atomic mass is 10.1. The quantitative estimate of drug-likeness (QED) is 0.700. The molecule has 3 heterocycles. The molecule has 3 aromatic heterocycles. The predicted molar refractivity (Wildman–Crippen MR) is 85.1 cm³/mol. The van der Waals surface area contributed by atoms with E-state index in [1.54, 1.807) is 18.0 Å². The van der Waals surface area contributed by atoms with Crippen molar-refractivity contribution < 1.29 is 13.2 Å². The number of hydrogen-bond donors (Lipinski definition) is 2. The molecule has 26 heavy (non-hydrogen) atoms. The molecule has 0 atom stereocenters. The number of H-pyrrole nitrogens is 1. The van der Waals surface area contributed by atoms with E-state index in [9.17, 15) is 13.2 Å². The Morgan fingerprint density at radius 1 is 1.35 bits per heavy atom. The van der Waals surface area contributed by atoms with Gasteiger partial charge in [0, 0.05) is 13.6 Å². The molecule has 0 fully saturated rings. The van der Waals surface area contributed by atoms with Crippen LogP contribution >= 0.6 is 0 Å². The van der Waals surface area contributed by atoms with E-state index in [-0.39, 0.29) is 11.5 Å². The molecule has 0 saturated heterocycles. The summed E-state index contributed by atoms with van der Waals surface area (Å²) in [7, 11) is 1.71. The van der Waals surface area contributed by atoms with Gasteiger partial charge in [-0.05, 0) is 25.0 Å². The molecule has 0 amide bonds. The second kappa shape index (κ2) is 6.51. The highest BCUT2D eigenvalue weighted by Gasteiger charge is 2.37. The number of hydrogen-bond acceptors (Lipinski definition) is 7. The first kappa shape index (κ1) is 17.5. The zero-order valence-electron chi connectivity index (χ0n) is 13.6. The first-order valence-corrected chi connectivity index (χ1v) is 7.55. The van der Waals surface area contributed by atoms with Crippen LogP contribution < -0.4 is 10.6 Å². The number of fused-ring (bicyclic) bond motifs is 1. The fourth-order valence-corrected chi connectivity index (χ4v) is 2.47. The monoisotopic (exact) mass is 365 g/mol. The number of halogens is 3. The van der Waals surface area contributed by atoms with Crippen molar-refractivity contribution in [2.75, 3.05) is 24.2 Å². The molecule has 0 aliphatic carbocycles. The minimum Gasteiger partial charge on any atom is -0.381 e. The molecule has 136 valence electrons. The van der Waals surface area contributed by atoms with Crippen LogP contribution in [0, 0.1) is 11.3 Å². The molecule has 0 unspecified atom stereocenters. The van der Waals surface area contributed by atoms with Gasteiger partial charge >= 0.3 is 6.18 Å². The molecule has 0 saturated carbocycles. The fourth-order valence-electron chi connectivity index (χ4n) is 2.47. The third-order valence-electron chi connectivity index (χ3n) is 3.79. The highest BCUT2D eigenvalue weighted by Crippen LogP contribution is 2.27. The molecule has 3 aromatic rings. The largest absolute Gasteiger partial charge is 0.453 e. The van der Waals surface area contributed by atoms with E-state index < -0.39 is 12.0 Å². The minimum absolute atomic E-state index is 0.0149. The maximum absolute atomic E-state index is 12.9. The molecule has 0 bridgehead atoms. The minimum atomic E-state index is -4.64. The van der Waals surface area contributed by atoms with Crippen LogP contribution in [-0.2, 0) is 12.6 Å². The van der Waals surface area contributed by atoms with Gasteiger partial charge in [-0.3, -0.25) is 5.10 Å². The van der Waals surface area contributed by atoms with E-state index in [4.69, 9.17) is 11.0 Å². The number of nitriles is 1. The summed E-state index contributed by atoms with van der Waals surface area (Å²) >= 11 is 0. The van der Waals surface area contributed by atoms with Gasteiger partial charge in [-0.15, -0.1) is 15.3 Å². The first-order valence-electron chi connectivity index (χ1n) is 7.55. The van der Waals surface area contributed by atoms with Crippen molar-refractivity contribution in [3.8, 4) is 6.07 Å². The lowest BCUT2D eigenvalue weighted by Crippen LogP contribution is -2.22. The number of anilines is 2. The molecule has 0 radical (unpaired) electrons. The Bertz CT molecular complexity index is 966. The summed E-state index contributed by atoms with van der Waals surface area (Å²) in [5.41, 5.74) is 6.53. The van der Waals surface area contributed by atoms with Crippen LogP contribution in [0.5, 0.6) is 0 Å². The second-order valence-electron chi connectivity index (χ2n) is 5.58. The third kappa shape index (κ3) is 3.23. The Hall–Kier alpha value is -3.36. The molecular formula is C14H14F3N9. The topological polar surface area (TPSA) is 125 Å². The molecule has 3 N–H and O–H groups in total. The number of aromatic nitrogens is 6. The van der Waals surface area contributed by atoms with Crippen LogP contribution in [0.1, 0.15) is 23.5 Å². The van der Waals surface area contributed by atoms with E-state index in [2.05, 4.69) is 25.5 Å². The molecular weight excluding hydrogens is 351 g/mol. The average Bonchev–Trinajstić information content (AvgIpc) is 3.17. The van der Waals surface area contributed by atoms with Crippen LogP contribution in [0.3, 0.4) is 0 Å². The number of nitrogen functional groups attached to an aromatic ring is 1. The summed E-state index contributed by atoms with van der Waals surface area (Å²) in [5.74, 6) is -0.683. The third-order valence-corrected chi connectivity index (χ3v) is 3.79. The van der Waals surface area contributed by atoms with Crippen LogP contribution in [-0.4, -0.2) is 43.6 Å². The smallest absolute Gasteiger partial charge is 0.381 e. The number of nitrogens with zero attached hydrogens (tertiary/aromatic N) is 7. The zero-order valence-corrected chi connectivity index (χ0v) is 13.6. The van der Waals surface area contributed by atoms with E-state index >= 15 is 0 Å². The van der Waals surface area contributed by atoms with Gasteiger partial charge in [-0.2, -0.15) is 28.0 Å². The van der Waals surface area contributed by atoms with Crippen LogP contribution in [0.15, 0.2) is 12.1 Å². The molecule has 0 aromatic carbocycles. The Morgan fingerprint density at radius 2 is 2.12 bits per heavy atom. The molecule has 3 rings (SSSR count). The van der Waals surface area contributed by atoms with Crippen molar-refractivity contribution in [2.24, 2.45) is 0 Å². The lowest BCUT2D eigenvalue weighted by Gasteiger charge is -2.18. The Labute approximate surface area is 145 Å². The van der Waals surface area contributed by atoms with E-state index in [1.807, 2.05) is 6.07 Å². The fraction of sp³-hybridized carbons (Fsp3) is 0.357. The van der Waals surface area contributed by atoms with Crippen molar-refractivity contribution in [1.82, 2.24) is 30.0 Å². The number of nitrogens with two attached hydrogens (primary N) is 1. The molecule has 12 heteroatoms. The molecule has 0 aliphatic heterocycles. The van der Waals surface area contributed by atoms with Crippen molar-refractivity contribution in [3.63, 3.8) is 0 Å². The highest BCUT2D eigenvalue weighted by atomic mass is 19.4. The SMILES string of the molecule is CN(CCCc1[nH]nc(N)c1C#N)c1ccc2nnc(C(F)(F)F)n2n1. The number of nitrogens with one attached hydrogen (secondary N) is 1. The van der Waals surface area contributed by atoms with Gasteiger partial charge in [-0.1, -0.05) is 0 Å². The van der Waals surface area contributed by atoms with Crippen molar-refractivity contribution in [2.45, 2.75) is 19.0 Å². The summed E-state index contributed by atoms with van der Waals surface area (Å²) in [6.07, 6.45) is -3.52. The normalized spacial score (nSPS) is 11.7. The van der Waals surface area contributed by atoms with Crippen LogP contribution in [0.25, 0.3) is 5.65 Å². The number of aromatic amines is 1. The number of rotatable bonds is 5. The predicted octanol–water partition coefficient (Wildman–Crippen LogP) is 1.39. The maximum Gasteiger partial charge on any atom is 0.453 e. The Morgan fingerprint density at radius 3 is 2.81 bits per heavy atom. The van der Waals surface area contributed by atoms with E-state index in [1.165, 1.54) is 6.07 Å². The Kier molecular flexibility index (Phi) is 4.37. The van der Waals surface area contributed by atoms with Gasteiger partial charge in [0.1, 0.15) is 17.5 Å². The first-order chi connectivity index (χ1) is 12.3. The van der Waals surface area contributed by atoms with Gasteiger partial charge in [-0.25, -0.2) is 0 Å². The number of aryl methyl sites for hydroxylation is 1. The van der Waals surface area contributed by atoms with Crippen molar-refractivity contribution in [1.29, 1.82) is 5.26 Å². The Balaban J connectivity index is 1.71. The van der Waals surface area contributed by atoms with E-state index in [0.29, 0.717) is 41.0 Å². The molecule has 0 aliphatic rings. The summed E-state index contributed by atoms with van der Waals surface area (Å²) in [6.45, 7) is 0.492. The average molecular weight is 365 g/mol. The van der Waals surface area contributed by atoms with Crippen LogP contribution in [0.4, 0.5) is 24.8 Å². The summed E-state index contributed by atoms with van der Waals surface area (Å²) in [4.78, 5) is 1.70.